The molecule has 5 heteroatoms. The minimum absolute atomic E-state index is 0.134. The van der Waals surface area contributed by atoms with E-state index in [4.69, 9.17) is 9.47 Å². The first-order valence-electron chi connectivity index (χ1n) is 6.25. The van der Waals surface area contributed by atoms with Crippen LogP contribution in [0.4, 0.5) is 14.5 Å². The van der Waals surface area contributed by atoms with Crippen LogP contribution < -0.4 is 14.8 Å². The summed E-state index contributed by atoms with van der Waals surface area (Å²) in [6, 6.07) is 9.36. The lowest BCUT2D eigenvalue weighted by Gasteiger charge is -2.16. The highest BCUT2D eigenvalue weighted by Gasteiger charge is 2.17. The van der Waals surface area contributed by atoms with Crippen molar-refractivity contribution in [1.82, 2.24) is 0 Å². The van der Waals surface area contributed by atoms with Crippen LogP contribution in [0, 0.1) is 11.6 Å². The molecule has 2 aromatic rings. The van der Waals surface area contributed by atoms with Crippen molar-refractivity contribution in [2.45, 2.75) is 13.0 Å². The summed E-state index contributed by atoms with van der Waals surface area (Å²) in [5.74, 6) is -0.387. The van der Waals surface area contributed by atoms with E-state index in [0.29, 0.717) is 11.5 Å². The SMILES string of the molecule is CC(Nc1cccc(F)c1F)c1ccc2c(c1)OCO2. The summed E-state index contributed by atoms with van der Waals surface area (Å²) >= 11 is 0. The van der Waals surface area contributed by atoms with Gasteiger partial charge in [-0.3, -0.25) is 0 Å². The van der Waals surface area contributed by atoms with E-state index in [1.807, 2.05) is 19.1 Å². The molecule has 1 atom stereocenters. The first kappa shape index (κ1) is 12.7. The number of benzene rings is 2. The standard InChI is InChI=1S/C15H13F2NO2/c1-9(18-12-4-2-3-11(16)15(12)17)10-5-6-13-14(7-10)20-8-19-13/h2-7,9,18H,8H2,1H3. The van der Waals surface area contributed by atoms with Gasteiger partial charge in [0.15, 0.2) is 23.1 Å². The number of nitrogens with one attached hydrogen (secondary N) is 1. The molecule has 0 spiro atoms. The second-order valence-electron chi connectivity index (χ2n) is 4.58. The molecule has 0 radical (unpaired) electrons. The van der Waals surface area contributed by atoms with E-state index in [-0.39, 0.29) is 18.5 Å². The number of ether oxygens (including phenoxy) is 2. The third-order valence-electron chi connectivity index (χ3n) is 3.22. The van der Waals surface area contributed by atoms with Crippen LogP contribution in [0.2, 0.25) is 0 Å². The summed E-state index contributed by atoms with van der Waals surface area (Å²) in [4.78, 5) is 0. The van der Waals surface area contributed by atoms with Crippen LogP contribution in [-0.2, 0) is 0 Å². The molecule has 1 aliphatic rings. The number of halogens is 2. The van der Waals surface area contributed by atoms with Gasteiger partial charge in [0.05, 0.1) is 5.69 Å². The molecule has 3 rings (SSSR count). The Hall–Kier alpha value is -2.30. The van der Waals surface area contributed by atoms with Crippen LogP contribution in [0.15, 0.2) is 36.4 Å². The van der Waals surface area contributed by atoms with Crippen LogP contribution >= 0.6 is 0 Å². The molecule has 3 nitrogen and oxygen atoms in total. The Labute approximate surface area is 115 Å². The van der Waals surface area contributed by atoms with Crippen molar-refractivity contribution >= 4 is 5.69 Å². The van der Waals surface area contributed by atoms with Gasteiger partial charge in [0.1, 0.15) is 0 Å². The monoisotopic (exact) mass is 277 g/mol. The van der Waals surface area contributed by atoms with E-state index in [0.717, 1.165) is 11.6 Å². The van der Waals surface area contributed by atoms with E-state index in [2.05, 4.69) is 5.32 Å². The minimum Gasteiger partial charge on any atom is -0.454 e. The lowest BCUT2D eigenvalue weighted by Crippen LogP contribution is -2.08. The topological polar surface area (TPSA) is 30.5 Å². The largest absolute Gasteiger partial charge is 0.454 e. The smallest absolute Gasteiger partial charge is 0.231 e. The Morgan fingerprint density at radius 2 is 1.90 bits per heavy atom. The molecule has 1 unspecified atom stereocenters. The first-order valence-corrected chi connectivity index (χ1v) is 6.25. The molecular formula is C15H13F2NO2. The van der Waals surface area contributed by atoms with Gasteiger partial charge in [-0.05, 0) is 36.8 Å². The lowest BCUT2D eigenvalue weighted by molar-refractivity contribution is 0.174. The molecule has 1 heterocycles. The normalized spacial score (nSPS) is 14.2. The van der Waals surface area contributed by atoms with Gasteiger partial charge in [-0.25, -0.2) is 8.78 Å². The zero-order valence-electron chi connectivity index (χ0n) is 10.8. The Bertz CT molecular complexity index is 646. The fraction of sp³-hybridized carbons (Fsp3) is 0.200. The van der Waals surface area contributed by atoms with Crippen molar-refractivity contribution in [3.05, 3.63) is 53.6 Å². The molecular weight excluding hydrogens is 264 g/mol. The number of fused-ring (bicyclic) bond motifs is 1. The summed E-state index contributed by atoms with van der Waals surface area (Å²) in [6.07, 6.45) is 0. The predicted octanol–water partition coefficient (Wildman–Crippen LogP) is 3.87. The summed E-state index contributed by atoms with van der Waals surface area (Å²) in [6.45, 7) is 2.07. The molecule has 0 saturated heterocycles. The second kappa shape index (κ2) is 5.00. The third kappa shape index (κ3) is 2.27. The molecule has 2 aromatic carbocycles. The van der Waals surface area contributed by atoms with Gasteiger partial charge in [0.2, 0.25) is 6.79 Å². The van der Waals surface area contributed by atoms with Crippen LogP contribution in [0.25, 0.3) is 0 Å². The summed E-state index contributed by atoms with van der Waals surface area (Å²) in [7, 11) is 0. The Morgan fingerprint density at radius 1 is 1.10 bits per heavy atom. The van der Waals surface area contributed by atoms with Gasteiger partial charge in [0.25, 0.3) is 0 Å². The molecule has 20 heavy (non-hydrogen) atoms. The van der Waals surface area contributed by atoms with Crippen molar-refractivity contribution in [2.75, 3.05) is 12.1 Å². The summed E-state index contributed by atoms with van der Waals surface area (Å²) in [5, 5.41) is 2.95. The van der Waals surface area contributed by atoms with Crippen molar-refractivity contribution in [1.29, 1.82) is 0 Å². The number of rotatable bonds is 3. The van der Waals surface area contributed by atoms with Gasteiger partial charge in [0, 0.05) is 6.04 Å². The van der Waals surface area contributed by atoms with E-state index >= 15 is 0 Å². The van der Waals surface area contributed by atoms with Gasteiger partial charge >= 0.3 is 0 Å². The van der Waals surface area contributed by atoms with E-state index in [1.54, 1.807) is 6.07 Å². The molecule has 0 bridgehead atoms. The van der Waals surface area contributed by atoms with Crippen molar-refractivity contribution in [3.63, 3.8) is 0 Å². The van der Waals surface area contributed by atoms with Gasteiger partial charge in [-0.15, -0.1) is 0 Å². The highest BCUT2D eigenvalue weighted by Crippen LogP contribution is 2.35. The number of hydrogen-bond donors (Lipinski definition) is 1. The maximum absolute atomic E-state index is 13.6. The highest BCUT2D eigenvalue weighted by atomic mass is 19.2. The fourth-order valence-corrected chi connectivity index (χ4v) is 2.11. The average Bonchev–Trinajstić information content (AvgIpc) is 2.91. The molecule has 0 amide bonds. The average molecular weight is 277 g/mol. The molecule has 0 aliphatic carbocycles. The zero-order valence-corrected chi connectivity index (χ0v) is 10.8. The molecule has 104 valence electrons. The third-order valence-corrected chi connectivity index (χ3v) is 3.22. The van der Waals surface area contributed by atoms with Crippen molar-refractivity contribution in [3.8, 4) is 11.5 Å². The van der Waals surface area contributed by atoms with Gasteiger partial charge in [-0.2, -0.15) is 0 Å². The fourth-order valence-electron chi connectivity index (χ4n) is 2.11. The van der Waals surface area contributed by atoms with Gasteiger partial charge < -0.3 is 14.8 Å². The minimum atomic E-state index is -0.875. The first-order chi connectivity index (χ1) is 9.65. The highest BCUT2D eigenvalue weighted by molar-refractivity contribution is 5.50. The van der Waals surface area contributed by atoms with E-state index in [1.165, 1.54) is 12.1 Å². The molecule has 0 fully saturated rings. The van der Waals surface area contributed by atoms with Crippen LogP contribution in [-0.4, -0.2) is 6.79 Å². The van der Waals surface area contributed by atoms with Crippen LogP contribution in [0.5, 0.6) is 11.5 Å². The maximum Gasteiger partial charge on any atom is 0.231 e. The molecule has 0 aromatic heterocycles. The predicted molar refractivity (Wildman–Crippen MR) is 71.0 cm³/mol. The van der Waals surface area contributed by atoms with Crippen LogP contribution in [0.3, 0.4) is 0 Å². The maximum atomic E-state index is 13.6. The molecule has 1 aliphatic heterocycles. The van der Waals surface area contributed by atoms with Crippen LogP contribution in [0.1, 0.15) is 18.5 Å². The summed E-state index contributed by atoms with van der Waals surface area (Å²) < 4.78 is 37.3. The summed E-state index contributed by atoms with van der Waals surface area (Å²) in [5.41, 5.74) is 1.04. The number of anilines is 1. The molecule has 0 saturated carbocycles. The van der Waals surface area contributed by atoms with Gasteiger partial charge in [-0.1, -0.05) is 12.1 Å². The lowest BCUT2D eigenvalue weighted by atomic mass is 10.1. The Balaban J connectivity index is 1.82. The van der Waals surface area contributed by atoms with E-state index < -0.39 is 11.6 Å². The Morgan fingerprint density at radius 3 is 2.75 bits per heavy atom. The molecule has 1 N–H and O–H groups in total. The number of hydrogen-bond acceptors (Lipinski definition) is 3. The van der Waals surface area contributed by atoms with E-state index in [9.17, 15) is 8.78 Å². The second-order valence-corrected chi connectivity index (χ2v) is 4.58. The quantitative estimate of drug-likeness (QED) is 0.924. The Kier molecular flexibility index (Phi) is 3.18. The van der Waals surface area contributed by atoms with Crippen molar-refractivity contribution in [2.24, 2.45) is 0 Å². The van der Waals surface area contributed by atoms with Crippen molar-refractivity contribution < 1.29 is 18.3 Å². The zero-order chi connectivity index (χ0) is 14.1.